The summed E-state index contributed by atoms with van der Waals surface area (Å²) in [5, 5.41) is 14.0. The second kappa shape index (κ2) is 12.4. The zero-order chi connectivity index (χ0) is 25.9. The van der Waals surface area contributed by atoms with Gasteiger partial charge in [0.05, 0.1) is 21.5 Å². The summed E-state index contributed by atoms with van der Waals surface area (Å²) >= 11 is 1.39. The first-order valence-electron chi connectivity index (χ1n) is 12.0. The minimum Gasteiger partial charge on any atom is -0.507 e. The van der Waals surface area contributed by atoms with Crippen molar-refractivity contribution in [2.24, 2.45) is 0 Å². The summed E-state index contributed by atoms with van der Waals surface area (Å²) in [6, 6.07) is 26.0. The van der Waals surface area contributed by atoms with Crippen LogP contribution in [-0.4, -0.2) is 20.9 Å². The Labute approximate surface area is 267 Å². The van der Waals surface area contributed by atoms with Crippen LogP contribution in [0, 0.1) is 70.1 Å². The molecule has 0 saturated carbocycles. The average Bonchev–Trinajstić information content (AvgIpc) is 3.46. The van der Waals surface area contributed by atoms with Gasteiger partial charge in [-0.2, -0.15) is 0 Å². The molecule has 0 aliphatic heterocycles. The van der Waals surface area contributed by atoms with E-state index in [1.807, 2.05) is 49.0 Å². The van der Waals surface area contributed by atoms with E-state index in [4.69, 9.17) is 0 Å². The van der Waals surface area contributed by atoms with Crippen LogP contribution in [-0.2, 0) is 0 Å². The molecule has 0 bridgehead atoms. The third kappa shape index (κ3) is 5.79. The predicted octanol–water partition coefficient (Wildman–Crippen LogP) is 8.06. The van der Waals surface area contributed by atoms with E-state index in [0.717, 1.165) is 27.5 Å². The van der Waals surface area contributed by atoms with E-state index in [1.165, 1.54) is 33.4 Å². The van der Waals surface area contributed by atoms with Crippen LogP contribution in [0.25, 0.3) is 32.9 Å². The van der Waals surface area contributed by atoms with Gasteiger partial charge in [0, 0.05) is 72.5 Å². The standard InChI is InChI=1S/C19H14N2.C13H12O2S.Eu/c1-13-9-11-20-18-15(13)7-8-17-16(10-12-21-19(17)18)14-5-3-2-4-6-14;1-8-6-9(2)12(14)10(7-8)13(15)11-4-3-5-16-11;/h2-12H,1H3;3-7,14H,1-2H3;. The predicted molar refractivity (Wildman–Crippen MR) is 153 cm³/mol. The number of aromatic nitrogens is 2. The fourth-order valence-corrected chi connectivity index (χ4v) is 5.19. The molecular weight excluding hydrogens is 628 g/mol. The zero-order valence-corrected chi connectivity index (χ0v) is 24.5. The van der Waals surface area contributed by atoms with E-state index in [2.05, 4.69) is 59.4 Å². The minimum absolute atomic E-state index is 0. The Morgan fingerprint density at radius 3 is 2.16 bits per heavy atom. The summed E-state index contributed by atoms with van der Waals surface area (Å²) in [7, 11) is 0. The molecular formula is C32H26EuN2O2S. The molecule has 6 rings (SSSR count). The van der Waals surface area contributed by atoms with Crippen LogP contribution >= 0.6 is 11.3 Å². The molecule has 0 saturated heterocycles. The van der Waals surface area contributed by atoms with Crippen molar-refractivity contribution in [2.75, 3.05) is 0 Å². The number of hydrogen-bond donors (Lipinski definition) is 1. The second-order valence-corrected chi connectivity index (χ2v) is 9.94. The summed E-state index contributed by atoms with van der Waals surface area (Å²) in [5.74, 6) is -0.0247. The molecule has 0 atom stereocenters. The quantitative estimate of drug-likeness (QED) is 0.155. The number of hydrogen-bond acceptors (Lipinski definition) is 5. The first-order valence-corrected chi connectivity index (χ1v) is 12.9. The zero-order valence-electron chi connectivity index (χ0n) is 21.3. The van der Waals surface area contributed by atoms with Crippen LogP contribution < -0.4 is 0 Å². The van der Waals surface area contributed by atoms with Crippen molar-refractivity contribution in [2.45, 2.75) is 20.8 Å². The Hall–Kier alpha value is -2.77. The van der Waals surface area contributed by atoms with Crippen molar-refractivity contribution in [3.8, 4) is 16.9 Å². The molecule has 38 heavy (non-hydrogen) atoms. The molecule has 1 radical (unpaired) electrons. The topological polar surface area (TPSA) is 63.1 Å². The number of thiophene rings is 1. The van der Waals surface area contributed by atoms with Crippen molar-refractivity contribution >= 4 is 38.9 Å². The summed E-state index contributed by atoms with van der Waals surface area (Å²) in [6.45, 7) is 5.82. The van der Waals surface area contributed by atoms with Crippen molar-refractivity contribution in [3.63, 3.8) is 0 Å². The van der Waals surface area contributed by atoms with Gasteiger partial charge >= 0.3 is 0 Å². The van der Waals surface area contributed by atoms with Crippen LogP contribution in [0.2, 0.25) is 0 Å². The van der Waals surface area contributed by atoms with Crippen LogP contribution in [0.3, 0.4) is 0 Å². The smallest absolute Gasteiger partial charge is 0.206 e. The monoisotopic (exact) mass is 655 g/mol. The fraction of sp³-hybridized carbons (Fsp3) is 0.0938. The van der Waals surface area contributed by atoms with E-state index < -0.39 is 0 Å². The number of carbonyl (C=O) groups is 1. The first kappa shape index (κ1) is 28.2. The molecule has 0 fully saturated rings. The third-order valence-electron chi connectivity index (χ3n) is 6.36. The van der Waals surface area contributed by atoms with Crippen LogP contribution in [0.1, 0.15) is 31.9 Å². The molecule has 0 aliphatic rings. The first-order chi connectivity index (χ1) is 17.9. The van der Waals surface area contributed by atoms with Gasteiger partial charge in [0.25, 0.3) is 0 Å². The van der Waals surface area contributed by atoms with Gasteiger partial charge in [-0.25, -0.2) is 0 Å². The molecule has 0 unspecified atom stereocenters. The fourth-order valence-electron chi connectivity index (χ4n) is 4.51. The Kier molecular flexibility index (Phi) is 9.21. The average molecular weight is 655 g/mol. The number of phenols is 1. The van der Waals surface area contributed by atoms with E-state index >= 15 is 0 Å². The number of benzene rings is 3. The van der Waals surface area contributed by atoms with Gasteiger partial charge in [-0.3, -0.25) is 14.8 Å². The minimum atomic E-state index is -0.112. The summed E-state index contributed by atoms with van der Waals surface area (Å²) < 4.78 is 0. The molecule has 4 nitrogen and oxygen atoms in total. The Balaban J connectivity index is 0.000000179. The van der Waals surface area contributed by atoms with Crippen molar-refractivity contribution in [1.29, 1.82) is 0 Å². The normalized spacial score (nSPS) is 10.5. The summed E-state index contributed by atoms with van der Waals surface area (Å²) in [4.78, 5) is 21.9. The number of aromatic hydroxyl groups is 1. The molecule has 0 spiro atoms. The van der Waals surface area contributed by atoms with Gasteiger partial charge in [0.1, 0.15) is 5.75 Å². The largest absolute Gasteiger partial charge is 0.507 e. The summed E-state index contributed by atoms with van der Waals surface area (Å²) in [6.07, 6.45) is 3.72. The van der Waals surface area contributed by atoms with Gasteiger partial charge in [-0.05, 0) is 78.2 Å². The third-order valence-corrected chi connectivity index (χ3v) is 7.23. The van der Waals surface area contributed by atoms with Crippen molar-refractivity contribution in [3.05, 3.63) is 124 Å². The van der Waals surface area contributed by atoms with Crippen LogP contribution in [0.4, 0.5) is 0 Å². The van der Waals surface area contributed by atoms with Crippen LogP contribution in [0.5, 0.6) is 5.75 Å². The molecule has 0 aliphatic carbocycles. The maximum Gasteiger partial charge on any atom is 0.206 e. The van der Waals surface area contributed by atoms with E-state index in [1.54, 1.807) is 19.1 Å². The number of aryl methyl sites for hydroxylation is 3. The Morgan fingerprint density at radius 2 is 1.45 bits per heavy atom. The number of ketones is 1. The molecule has 189 valence electrons. The van der Waals surface area contributed by atoms with E-state index in [0.29, 0.717) is 10.4 Å². The van der Waals surface area contributed by atoms with Gasteiger partial charge in [0.2, 0.25) is 5.78 Å². The molecule has 3 heterocycles. The van der Waals surface area contributed by atoms with Gasteiger partial charge in [-0.15, -0.1) is 11.3 Å². The maximum absolute atomic E-state index is 12.1. The number of nitrogens with zero attached hydrogens (tertiary/aromatic N) is 2. The second-order valence-electron chi connectivity index (χ2n) is 8.99. The van der Waals surface area contributed by atoms with Gasteiger partial charge in [-0.1, -0.05) is 54.6 Å². The Morgan fingerprint density at radius 1 is 0.763 bits per heavy atom. The van der Waals surface area contributed by atoms with E-state index in [-0.39, 0.29) is 60.9 Å². The number of rotatable bonds is 3. The van der Waals surface area contributed by atoms with Crippen molar-refractivity contribution in [1.82, 2.24) is 9.97 Å². The van der Waals surface area contributed by atoms with E-state index in [9.17, 15) is 9.90 Å². The number of pyridine rings is 2. The molecule has 3 aromatic heterocycles. The number of fused-ring (bicyclic) bond motifs is 3. The van der Waals surface area contributed by atoms with Gasteiger partial charge in [0.15, 0.2) is 0 Å². The Bertz CT molecular complexity index is 1730. The maximum atomic E-state index is 12.1. The summed E-state index contributed by atoms with van der Waals surface area (Å²) in [5.41, 5.74) is 7.69. The number of phenolic OH excluding ortho intramolecular Hbond substituents is 1. The van der Waals surface area contributed by atoms with Crippen LogP contribution in [0.15, 0.2) is 96.6 Å². The SMILES string of the molecule is Cc1cc(C)c(O)c(C(=O)c2cccs2)c1.Cc1ccnc2c1ccc1c(-c3ccccc3)ccnc12.[Eu]. The molecule has 6 aromatic rings. The molecule has 3 aromatic carbocycles. The molecule has 1 N–H and O–H groups in total. The molecule has 0 amide bonds. The number of carbonyl (C=O) groups excluding carboxylic acids is 1. The van der Waals surface area contributed by atoms with Crippen molar-refractivity contribution < 1.29 is 59.3 Å². The van der Waals surface area contributed by atoms with Gasteiger partial charge < -0.3 is 5.11 Å². The molecule has 6 heteroatoms.